The van der Waals surface area contributed by atoms with E-state index in [1.54, 1.807) is 4.72 Å². The average molecular weight is 702 g/mol. The topological polar surface area (TPSA) is 223 Å². The van der Waals surface area contributed by atoms with E-state index in [1.165, 1.54) is 0 Å². The Hall–Kier alpha value is -2.21. The maximum atomic E-state index is 12.4. The first-order chi connectivity index (χ1) is 20.4. The van der Waals surface area contributed by atoms with Crippen LogP contribution in [-0.4, -0.2) is 96.2 Å². The lowest BCUT2D eigenvalue weighted by Crippen LogP contribution is -2.42. The minimum absolute atomic E-state index is 0.0980. The van der Waals surface area contributed by atoms with E-state index in [9.17, 15) is 37.6 Å². The van der Waals surface area contributed by atoms with Crippen LogP contribution in [0.4, 0.5) is 19.2 Å². The molecule has 0 aromatic heterocycles. The third kappa shape index (κ3) is 14.9. The normalized spacial score (nSPS) is 19.5. The number of amides is 2. The molecule has 0 aromatic carbocycles. The molecule has 0 heterocycles. The molecular formula is C22H35N5O11P4S. The summed E-state index contributed by atoms with van der Waals surface area (Å²) in [7, 11) is -4.42. The van der Waals surface area contributed by atoms with Crippen molar-refractivity contribution < 1.29 is 51.3 Å². The van der Waals surface area contributed by atoms with Crippen molar-refractivity contribution in [3.05, 3.63) is 0 Å². The molecule has 0 saturated heterocycles. The Morgan fingerprint density at radius 2 is 1.40 bits per heavy atom. The Morgan fingerprint density at radius 3 is 1.93 bits per heavy atom. The molecule has 2 N–H and O–H groups in total. The van der Waals surface area contributed by atoms with Crippen molar-refractivity contribution in [1.82, 2.24) is 14.3 Å². The van der Waals surface area contributed by atoms with Gasteiger partial charge in [0.05, 0.1) is 32.9 Å². The highest BCUT2D eigenvalue weighted by Crippen LogP contribution is 2.52. The number of carbonyl (C=O) groups excluding carboxylic acids is 4. The highest BCUT2D eigenvalue weighted by molar-refractivity contribution is 8.14. The van der Waals surface area contributed by atoms with Crippen LogP contribution in [0.5, 0.6) is 0 Å². The second-order valence-electron chi connectivity index (χ2n) is 9.15. The van der Waals surface area contributed by atoms with Crippen LogP contribution in [0.2, 0.25) is 0 Å². The predicted octanol–water partition coefficient (Wildman–Crippen LogP) is 3.22. The molecule has 0 aliphatic heterocycles. The Morgan fingerprint density at radius 1 is 0.837 bits per heavy atom. The zero-order valence-electron chi connectivity index (χ0n) is 23.2. The van der Waals surface area contributed by atoms with E-state index in [0.717, 1.165) is 30.6 Å². The minimum atomic E-state index is -4.17. The van der Waals surface area contributed by atoms with E-state index >= 15 is 0 Å². The number of rotatable bonds is 16. The summed E-state index contributed by atoms with van der Waals surface area (Å²) in [5.74, 6) is 7.33. The molecule has 43 heavy (non-hydrogen) atoms. The molecule has 1 fully saturated rings. The molecule has 21 heteroatoms. The maximum Gasteiger partial charge on any atom is 0.421 e. The molecule has 0 bridgehead atoms. The van der Waals surface area contributed by atoms with Gasteiger partial charge in [0.25, 0.3) is 0 Å². The summed E-state index contributed by atoms with van der Waals surface area (Å²) in [5, 5.41) is 18.4. The van der Waals surface area contributed by atoms with Crippen molar-refractivity contribution in [2.24, 2.45) is 17.8 Å². The molecule has 2 aliphatic carbocycles. The molecule has 16 nitrogen and oxygen atoms in total. The second kappa shape index (κ2) is 19.2. The van der Waals surface area contributed by atoms with Gasteiger partial charge in [0.15, 0.2) is 14.5 Å². The Bertz CT molecular complexity index is 1260. The van der Waals surface area contributed by atoms with E-state index in [0.29, 0.717) is 11.8 Å². The van der Waals surface area contributed by atoms with E-state index < -0.39 is 48.3 Å². The van der Waals surface area contributed by atoms with Gasteiger partial charge in [0.1, 0.15) is 19.8 Å². The average Bonchev–Trinajstić information content (AvgIpc) is 3.58. The first-order valence-corrected chi connectivity index (χ1v) is 20.4. The lowest BCUT2D eigenvalue weighted by atomic mass is 10.1. The quantitative estimate of drug-likeness (QED) is 0.102. The van der Waals surface area contributed by atoms with Crippen LogP contribution in [0.1, 0.15) is 25.7 Å². The van der Waals surface area contributed by atoms with Gasteiger partial charge in [0.2, 0.25) is 0 Å². The van der Waals surface area contributed by atoms with Crippen molar-refractivity contribution >= 4 is 66.2 Å². The first-order valence-electron chi connectivity index (χ1n) is 13.1. The maximum absolute atomic E-state index is 12.4. The summed E-state index contributed by atoms with van der Waals surface area (Å²) in [4.78, 5) is 48.3. The fourth-order valence-electron chi connectivity index (χ4n) is 4.17. The van der Waals surface area contributed by atoms with Gasteiger partial charge in [-0.2, -0.15) is 13.1 Å². The molecular weight excluding hydrogens is 666 g/mol. The van der Waals surface area contributed by atoms with E-state index in [4.69, 9.17) is 23.7 Å². The summed E-state index contributed by atoms with van der Waals surface area (Å²) in [6.45, 7) is -1.26. The number of hydrogen-bond donors (Lipinski definition) is 2. The molecule has 240 valence electrons. The van der Waals surface area contributed by atoms with E-state index in [1.807, 2.05) is 17.9 Å². The second-order valence-corrected chi connectivity index (χ2v) is 15.7. The van der Waals surface area contributed by atoms with Gasteiger partial charge in [0, 0.05) is 19.4 Å². The van der Waals surface area contributed by atoms with Crippen molar-refractivity contribution in [2.45, 2.75) is 25.7 Å². The lowest BCUT2D eigenvalue weighted by Gasteiger charge is -2.21. The number of carbonyl (C=O) groups is 4. The van der Waals surface area contributed by atoms with Crippen molar-refractivity contribution in [1.29, 1.82) is 10.0 Å². The van der Waals surface area contributed by atoms with Gasteiger partial charge >= 0.3 is 33.8 Å². The Kier molecular flexibility index (Phi) is 16.5. The third-order valence-corrected chi connectivity index (χ3v) is 9.55. The number of hydrogen-bond acceptors (Lipinski definition) is 13. The van der Waals surface area contributed by atoms with Crippen LogP contribution in [0.25, 0.3) is 0 Å². The molecule has 4 unspecified atom stereocenters. The van der Waals surface area contributed by atoms with E-state index in [2.05, 4.69) is 16.6 Å². The van der Waals surface area contributed by atoms with Gasteiger partial charge < -0.3 is 28.6 Å². The Balaban J connectivity index is 1.61. The molecule has 0 aromatic rings. The van der Waals surface area contributed by atoms with Crippen LogP contribution in [-0.2, 0) is 33.9 Å². The standard InChI is InChI=1S/C22H35N5O11P4S/c23-41(39)21(30)36-11-8-27(9-12-37-22(31)42(24)40)20(29)35-14-13-34-10-7-25-43(32,33)26-19(28)38-15-18-16-5-3-1-2-4-6-17(16)18/h16-18,25H,3-15,39-40H2,(H,26,28)/t16-,17+,18-. The summed E-state index contributed by atoms with van der Waals surface area (Å²) in [5.41, 5.74) is -1.72. The van der Waals surface area contributed by atoms with Crippen LogP contribution in [0, 0.1) is 39.6 Å². The highest BCUT2D eigenvalue weighted by Gasteiger charge is 2.49. The third-order valence-electron chi connectivity index (χ3n) is 6.26. The zero-order chi connectivity index (χ0) is 31.8. The first kappa shape index (κ1) is 37.0. The SMILES string of the molecule is N#P(P)C(=O)OCCN(CCOC(=O)P(#N)P)C(=O)OCCOCCNS(=O)(=O)NC(=O)OC[C@@H]1[C@@H]2CCC#CCC[C@@H]21. The summed E-state index contributed by atoms with van der Waals surface area (Å²) >= 11 is 0. The fraction of sp³-hybridized carbons (Fsp3) is 0.727. The van der Waals surface area contributed by atoms with Gasteiger partial charge in [-0.3, -0.25) is 0 Å². The van der Waals surface area contributed by atoms with Gasteiger partial charge in [-0.25, -0.2) is 33.9 Å². The largest absolute Gasteiger partial charge is 0.456 e. The molecule has 2 amide bonds. The Labute approximate surface area is 256 Å². The zero-order valence-corrected chi connectivity index (χ0v) is 28.1. The number of fused-ring (bicyclic) bond motifs is 1. The van der Waals surface area contributed by atoms with Gasteiger partial charge in [-0.1, -0.05) is 0 Å². The molecule has 1 saturated carbocycles. The highest BCUT2D eigenvalue weighted by atomic mass is 32.2. The number of ether oxygens (including phenoxy) is 5. The van der Waals surface area contributed by atoms with E-state index in [-0.39, 0.29) is 65.2 Å². The monoisotopic (exact) mass is 701 g/mol. The summed E-state index contributed by atoms with van der Waals surface area (Å²) in [6, 6.07) is 0. The molecule has 2 rings (SSSR count). The predicted molar refractivity (Wildman–Crippen MR) is 161 cm³/mol. The summed E-state index contributed by atoms with van der Waals surface area (Å²) in [6.07, 6.45) is 1.63. The van der Waals surface area contributed by atoms with Crippen LogP contribution < -0.4 is 9.44 Å². The molecule has 0 radical (unpaired) electrons. The van der Waals surface area contributed by atoms with Gasteiger partial charge in [-0.05, 0) is 48.5 Å². The van der Waals surface area contributed by atoms with Crippen LogP contribution in [0.3, 0.4) is 0 Å². The lowest BCUT2D eigenvalue weighted by molar-refractivity contribution is 0.0489. The number of nitrogens with zero attached hydrogens (tertiary/aromatic N) is 3. The molecule has 0 spiro atoms. The minimum Gasteiger partial charge on any atom is -0.456 e. The summed E-state index contributed by atoms with van der Waals surface area (Å²) < 4.78 is 53.1. The van der Waals surface area contributed by atoms with Crippen molar-refractivity contribution in [3.63, 3.8) is 0 Å². The fourth-order valence-corrected chi connectivity index (χ4v) is 5.77. The van der Waals surface area contributed by atoms with Gasteiger partial charge in [-0.15, -0.1) is 11.8 Å². The van der Waals surface area contributed by atoms with Crippen molar-refractivity contribution in [3.8, 4) is 11.8 Å². The number of nitrogens with one attached hydrogen (secondary N) is 2. The van der Waals surface area contributed by atoms with Crippen molar-refractivity contribution in [2.75, 3.05) is 59.3 Å². The smallest absolute Gasteiger partial charge is 0.421 e. The van der Waals surface area contributed by atoms with Crippen LogP contribution >= 0.6 is 32.3 Å². The van der Waals surface area contributed by atoms with Crippen LogP contribution in [0.15, 0.2) is 0 Å². The molecule has 2 aliphatic rings. The molecule has 7 atom stereocenters.